The Hall–Kier alpha value is -4.67. The molecule has 4 atom stereocenters. The van der Waals surface area contributed by atoms with E-state index in [2.05, 4.69) is 33.9 Å². The summed E-state index contributed by atoms with van der Waals surface area (Å²) >= 11 is 0. The minimum absolute atomic E-state index is 0.0109. The number of nitro benzene ring substituents is 2. The Bertz CT molecular complexity index is 2020. The number of carbonyl (C=O) groups is 2. The third kappa shape index (κ3) is 16.3. The van der Waals surface area contributed by atoms with E-state index < -0.39 is 87.2 Å². The molecule has 2 aliphatic heterocycles. The Labute approximate surface area is 356 Å². The van der Waals surface area contributed by atoms with Crippen LogP contribution in [0.15, 0.2) is 36.4 Å². The molecular formula is C39H58F2N4O14SSi. The van der Waals surface area contributed by atoms with Crippen molar-refractivity contribution in [3.63, 3.8) is 0 Å². The van der Waals surface area contributed by atoms with Gasteiger partial charge in [0.2, 0.25) is 0 Å². The highest BCUT2D eigenvalue weighted by atomic mass is 32.2. The van der Waals surface area contributed by atoms with Crippen molar-refractivity contribution in [1.29, 1.82) is 0 Å². The molecule has 0 aromatic heterocycles. The third-order valence-corrected chi connectivity index (χ3v) is 14.7. The molecule has 2 heterocycles. The van der Waals surface area contributed by atoms with Crippen molar-refractivity contribution in [2.75, 3.05) is 32.6 Å². The van der Waals surface area contributed by atoms with Crippen molar-refractivity contribution in [3.05, 3.63) is 68.3 Å². The van der Waals surface area contributed by atoms with Gasteiger partial charge in [-0.2, -0.15) is 8.42 Å². The van der Waals surface area contributed by atoms with Gasteiger partial charge in [-0.15, -0.1) is 0 Å². The minimum atomic E-state index is -3.74. The average Bonchev–Trinajstić information content (AvgIpc) is 3.67. The monoisotopic (exact) mass is 904 g/mol. The standard InChI is InChI=1S/C22H35FN2O6Si.C17H23FN2O8S/c1-21(2,3)31-20(26)24-13-19(12-17(24)14-29-32(7,8)22(4,5)6)30-18-10-15(23)9-16(11-18)25(27)28;1-17(2,3)28-16(21)19-9-15(8-13(19)10-26-29(4,24)25)27-14-6-11(18)5-12(7-14)20(22)23/h9-11,17,19H,12-14H2,1-8H3;5-7,13,15H,8-10H2,1-4H3/t17-,19+;13-,15+/m00/s1. The Morgan fingerprint density at radius 3 is 1.43 bits per heavy atom. The number of benzene rings is 2. The summed E-state index contributed by atoms with van der Waals surface area (Å²) in [6, 6.07) is 4.99. The molecule has 0 bridgehead atoms. The first-order valence-corrected chi connectivity index (χ1v) is 24.2. The van der Waals surface area contributed by atoms with Crippen LogP contribution >= 0.6 is 0 Å². The number of non-ortho nitro benzene ring substituents is 2. The van der Waals surface area contributed by atoms with Gasteiger partial charge in [0.25, 0.3) is 21.5 Å². The molecule has 2 amide bonds. The van der Waals surface area contributed by atoms with Gasteiger partial charge in [0.15, 0.2) is 8.32 Å². The molecule has 2 fully saturated rings. The largest absolute Gasteiger partial charge is 0.488 e. The van der Waals surface area contributed by atoms with Crippen LogP contribution in [0.1, 0.15) is 75.2 Å². The van der Waals surface area contributed by atoms with Gasteiger partial charge in [0, 0.05) is 25.0 Å². The number of hydrogen-bond donors (Lipinski definition) is 0. The molecule has 18 nitrogen and oxygen atoms in total. The molecule has 0 saturated carbocycles. The van der Waals surface area contributed by atoms with Crippen LogP contribution in [0.5, 0.6) is 11.5 Å². The van der Waals surface area contributed by atoms with Crippen LogP contribution in [0, 0.1) is 31.9 Å². The summed E-state index contributed by atoms with van der Waals surface area (Å²) in [5.41, 5.74) is -2.30. The van der Waals surface area contributed by atoms with E-state index in [1.807, 2.05) is 0 Å². The lowest BCUT2D eigenvalue weighted by molar-refractivity contribution is -0.385. The first kappa shape index (κ1) is 50.7. The highest BCUT2D eigenvalue weighted by Gasteiger charge is 2.43. The van der Waals surface area contributed by atoms with E-state index >= 15 is 0 Å². The number of halogens is 2. The van der Waals surface area contributed by atoms with Gasteiger partial charge in [-0.1, -0.05) is 20.8 Å². The van der Waals surface area contributed by atoms with Crippen LogP contribution in [-0.2, 0) is 28.2 Å². The number of likely N-dealkylation sites (tertiary alicyclic amines) is 2. The summed E-state index contributed by atoms with van der Waals surface area (Å²) in [5.74, 6) is -1.62. The SMILES string of the molecule is CC(C)(C)OC(=O)N1C[C@H](Oc2cc(F)cc([N+](=O)[O-])c2)C[C@H]1COS(C)(=O)=O.CC(C)(C)OC(=O)N1C[C@H](Oc2cc(F)cc([N+](=O)[O-])c2)C[C@H]1CO[Si](C)(C)C(C)(C)C. The minimum Gasteiger partial charge on any atom is -0.488 e. The zero-order chi connectivity index (χ0) is 46.5. The summed E-state index contributed by atoms with van der Waals surface area (Å²) in [7, 11) is -5.79. The van der Waals surface area contributed by atoms with Crippen molar-refractivity contribution >= 4 is 42.0 Å². The molecule has 4 rings (SSSR count). The van der Waals surface area contributed by atoms with Crippen molar-refractivity contribution in [2.24, 2.45) is 0 Å². The molecule has 0 unspecified atom stereocenters. The van der Waals surface area contributed by atoms with Crippen molar-refractivity contribution in [2.45, 2.75) is 129 Å². The number of nitrogens with zero attached hydrogens (tertiary/aromatic N) is 4. The van der Waals surface area contributed by atoms with E-state index in [1.165, 1.54) is 11.0 Å². The molecule has 2 aliphatic rings. The van der Waals surface area contributed by atoms with Crippen LogP contribution < -0.4 is 9.47 Å². The number of ether oxygens (including phenoxy) is 4. The molecule has 0 N–H and O–H groups in total. The van der Waals surface area contributed by atoms with E-state index in [0.717, 1.165) is 36.6 Å². The Morgan fingerprint density at radius 1 is 0.721 bits per heavy atom. The van der Waals surface area contributed by atoms with Crippen molar-refractivity contribution in [3.8, 4) is 11.5 Å². The highest BCUT2D eigenvalue weighted by molar-refractivity contribution is 7.85. The lowest BCUT2D eigenvalue weighted by Crippen LogP contribution is -2.46. The summed E-state index contributed by atoms with van der Waals surface area (Å²) in [5, 5.41) is 21.9. The van der Waals surface area contributed by atoms with E-state index in [0.29, 0.717) is 13.0 Å². The van der Waals surface area contributed by atoms with Crippen LogP contribution in [0.2, 0.25) is 18.1 Å². The predicted octanol–water partition coefficient (Wildman–Crippen LogP) is 7.98. The first-order chi connectivity index (χ1) is 27.7. The van der Waals surface area contributed by atoms with E-state index in [-0.39, 0.29) is 54.4 Å². The fraction of sp³-hybridized carbons (Fsp3) is 0.641. The van der Waals surface area contributed by atoms with Gasteiger partial charge in [-0.05, 0) is 59.7 Å². The van der Waals surface area contributed by atoms with Crippen LogP contribution in [0.25, 0.3) is 0 Å². The second-order valence-electron chi connectivity index (χ2n) is 18.4. The number of amides is 2. The fourth-order valence-electron chi connectivity index (χ4n) is 5.87. The van der Waals surface area contributed by atoms with Gasteiger partial charge < -0.3 is 23.4 Å². The maximum atomic E-state index is 13.8. The van der Waals surface area contributed by atoms with Crippen molar-refractivity contribution < 1.29 is 64.2 Å². The van der Waals surface area contributed by atoms with E-state index in [9.17, 15) is 47.0 Å². The van der Waals surface area contributed by atoms with Gasteiger partial charge in [0.05, 0.1) is 78.8 Å². The van der Waals surface area contributed by atoms with Gasteiger partial charge >= 0.3 is 12.2 Å². The first-order valence-electron chi connectivity index (χ1n) is 19.4. The van der Waals surface area contributed by atoms with Gasteiger partial charge in [-0.25, -0.2) is 18.4 Å². The topological polar surface area (TPSA) is 216 Å². The second-order valence-corrected chi connectivity index (χ2v) is 24.8. The molecule has 0 radical (unpaired) electrons. The molecule has 2 aromatic carbocycles. The maximum Gasteiger partial charge on any atom is 0.410 e. The van der Waals surface area contributed by atoms with E-state index in [4.69, 9.17) is 27.6 Å². The number of hydrogen-bond acceptors (Lipinski definition) is 14. The molecular weight excluding hydrogens is 847 g/mol. The molecule has 2 saturated heterocycles. The normalized spacial score (nSPS) is 19.8. The zero-order valence-corrected chi connectivity index (χ0v) is 38.5. The lowest BCUT2D eigenvalue weighted by atomic mass is 10.2. The number of nitro groups is 2. The molecule has 342 valence electrons. The summed E-state index contributed by atoms with van der Waals surface area (Å²) < 4.78 is 83.6. The number of carbonyl (C=O) groups excluding carboxylic acids is 2. The average molecular weight is 905 g/mol. The Morgan fingerprint density at radius 2 is 1.10 bits per heavy atom. The lowest BCUT2D eigenvalue weighted by Gasteiger charge is -2.38. The highest BCUT2D eigenvalue weighted by Crippen LogP contribution is 2.38. The number of rotatable bonds is 12. The van der Waals surface area contributed by atoms with Gasteiger partial charge in [-0.3, -0.25) is 34.2 Å². The van der Waals surface area contributed by atoms with Crippen LogP contribution in [-0.4, -0.2) is 117 Å². The van der Waals surface area contributed by atoms with Crippen LogP contribution in [0.4, 0.5) is 29.7 Å². The third-order valence-electron chi connectivity index (χ3n) is 9.66. The molecule has 0 spiro atoms. The van der Waals surface area contributed by atoms with Crippen LogP contribution in [0.3, 0.4) is 0 Å². The summed E-state index contributed by atoms with van der Waals surface area (Å²) in [4.78, 5) is 48.7. The fourth-order valence-corrected chi connectivity index (χ4v) is 7.32. The molecule has 61 heavy (non-hydrogen) atoms. The second kappa shape index (κ2) is 19.6. The summed E-state index contributed by atoms with van der Waals surface area (Å²) in [6.45, 7) is 21.4. The van der Waals surface area contributed by atoms with Crippen molar-refractivity contribution in [1.82, 2.24) is 9.80 Å². The molecule has 0 aliphatic carbocycles. The molecule has 2 aromatic rings. The Kier molecular flexibility index (Phi) is 16.3. The summed E-state index contributed by atoms with van der Waals surface area (Å²) in [6.07, 6.45) is -0.806. The van der Waals surface area contributed by atoms with E-state index in [1.54, 1.807) is 46.4 Å². The van der Waals surface area contributed by atoms with Gasteiger partial charge in [0.1, 0.15) is 46.5 Å². The maximum absolute atomic E-state index is 13.8. The quantitative estimate of drug-likeness (QED) is 0.0854. The smallest absolute Gasteiger partial charge is 0.410 e. The zero-order valence-electron chi connectivity index (χ0n) is 36.7. The predicted molar refractivity (Wildman–Crippen MR) is 222 cm³/mol. The molecule has 22 heteroatoms. The Balaban J connectivity index is 0.000000327.